The molecule has 1 aliphatic heterocycles. The van der Waals surface area contributed by atoms with Crippen molar-refractivity contribution in [2.24, 2.45) is 4.99 Å². The van der Waals surface area contributed by atoms with Crippen LogP contribution in [0.1, 0.15) is 41.5 Å². The van der Waals surface area contributed by atoms with Gasteiger partial charge >= 0.3 is 5.97 Å². The highest BCUT2D eigenvalue weighted by molar-refractivity contribution is 6.00. The number of aromatic amines is 1. The number of rotatable bonds is 5. The molecular formula is C17H20N2O4. The van der Waals surface area contributed by atoms with Crippen molar-refractivity contribution in [2.75, 3.05) is 14.2 Å². The van der Waals surface area contributed by atoms with Crippen LogP contribution < -0.4 is 0 Å². The summed E-state index contributed by atoms with van der Waals surface area (Å²) in [7, 11) is 2.92. The number of nitrogens with one attached hydrogen (secondary N) is 1. The molecule has 6 nitrogen and oxygen atoms in total. The van der Waals surface area contributed by atoms with E-state index in [4.69, 9.17) is 4.74 Å². The van der Waals surface area contributed by atoms with Gasteiger partial charge in [0.05, 0.1) is 25.6 Å². The van der Waals surface area contributed by atoms with Crippen molar-refractivity contribution in [1.29, 1.82) is 0 Å². The first-order chi connectivity index (χ1) is 11.0. The number of aliphatic imine (C=N–C) groups is 1. The van der Waals surface area contributed by atoms with Gasteiger partial charge in [-0.15, -0.1) is 0 Å². The fourth-order valence-electron chi connectivity index (χ4n) is 2.46. The van der Waals surface area contributed by atoms with Gasteiger partial charge in [-0.25, -0.2) is 4.99 Å². The number of methoxy groups -OCH3 is 2. The highest BCUT2D eigenvalue weighted by Crippen LogP contribution is 2.30. The van der Waals surface area contributed by atoms with E-state index in [1.807, 2.05) is 26.0 Å². The fraction of sp³-hybridized carbons (Fsp3) is 0.353. The van der Waals surface area contributed by atoms with Crippen LogP contribution in [0.15, 0.2) is 27.9 Å². The number of hydrogen-bond acceptors (Lipinski definition) is 5. The van der Waals surface area contributed by atoms with Crippen molar-refractivity contribution in [3.05, 3.63) is 39.9 Å². The van der Waals surface area contributed by atoms with Gasteiger partial charge in [-0.1, -0.05) is 0 Å². The smallest absolute Gasteiger partial charge is 0.305 e. The second-order valence-electron chi connectivity index (χ2n) is 5.27. The maximum absolute atomic E-state index is 11.3. The Morgan fingerprint density at radius 2 is 2.09 bits per heavy atom. The average molecular weight is 316 g/mol. The number of hydrogen-bond donors (Lipinski definition) is 1. The molecule has 0 fully saturated rings. The number of aldehydes is 1. The zero-order valence-corrected chi connectivity index (χ0v) is 13.7. The van der Waals surface area contributed by atoms with Crippen molar-refractivity contribution >= 4 is 24.2 Å². The first-order valence-corrected chi connectivity index (χ1v) is 7.26. The van der Waals surface area contributed by atoms with Crippen LogP contribution in [-0.2, 0) is 14.3 Å². The van der Waals surface area contributed by atoms with Crippen LogP contribution in [-0.4, -0.2) is 37.4 Å². The Bertz CT molecular complexity index is 723. The van der Waals surface area contributed by atoms with Gasteiger partial charge in [0.25, 0.3) is 0 Å². The first kappa shape index (κ1) is 16.7. The molecule has 0 saturated heterocycles. The molecule has 0 amide bonds. The molecule has 0 saturated carbocycles. The summed E-state index contributed by atoms with van der Waals surface area (Å²) in [4.78, 5) is 29.7. The van der Waals surface area contributed by atoms with E-state index < -0.39 is 0 Å². The molecule has 1 aromatic rings. The Morgan fingerprint density at radius 3 is 2.65 bits per heavy atom. The summed E-state index contributed by atoms with van der Waals surface area (Å²) < 4.78 is 9.98. The normalized spacial score (nSPS) is 15.8. The van der Waals surface area contributed by atoms with Crippen LogP contribution >= 0.6 is 0 Å². The molecule has 1 N–H and O–H groups in total. The molecule has 0 atom stereocenters. The molecule has 23 heavy (non-hydrogen) atoms. The molecule has 0 aliphatic carbocycles. The van der Waals surface area contributed by atoms with Crippen LogP contribution in [0.2, 0.25) is 0 Å². The second kappa shape index (κ2) is 7.09. The van der Waals surface area contributed by atoms with Crippen molar-refractivity contribution in [2.45, 2.75) is 26.7 Å². The quantitative estimate of drug-likeness (QED) is 0.669. The van der Waals surface area contributed by atoms with E-state index in [0.29, 0.717) is 18.0 Å². The lowest BCUT2D eigenvalue weighted by atomic mass is 10.0. The van der Waals surface area contributed by atoms with E-state index in [-0.39, 0.29) is 12.4 Å². The third kappa shape index (κ3) is 3.59. The molecule has 0 aromatic carbocycles. The van der Waals surface area contributed by atoms with E-state index in [2.05, 4.69) is 14.7 Å². The summed E-state index contributed by atoms with van der Waals surface area (Å²) in [5, 5.41) is 0. The Labute approximate surface area is 134 Å². The number of allylic oxidation sites excluding steroid dienone is 1. The Morgan fingerprint density at radius 1 is 1.35 bits per heavy atom. The number of carbonyl (C=O) groups is 2. The number of esters is 1. The minimum Gasteiger partial charge on any atom is -0.481 e. The molecule has 0 spiro atoms. The maximum atomic E-state index is 11.3. The van der Waals surface area contributed by atoms with Crippen LogP contribution in [0.25, 0.3) is 6.08 Å². The number of H-pyrrole nitrogens is 1. The third-order valence-corrected chi connectivity index (χ3v) is 3.80. The molecule has 0 unspecified atom stereocenters. The highest BCUT2D eigenvalue weighted by atomic mass is 16.5. The predicted octanol–water partition coefficient (Wildman–Crippen LogP) is 2.80. The van der Waals surface area contributed by atoms with Gasteiger partial charge < -0.3 is 14.5 Å². The summed E-state index contributed by atoms with van der Waals surface area (Å²) >= 11 is 0. The highest BCUT2D eigenvalue weighted by Gasteiger charge is 2.22. The number of carbonyl (C=O) groups excluding carboxylic acids is 2. The summed E-state index contributed by atoms with van der Waals surface area (Å²) in [6.45, 7) is 3.80. The van der Waals surface area contributed by atoms with Crippen molar-refractivity contribution < 1.29 is 19.1 Å². The van der Waals surface area contributed by atoms with E-state index in [1.165, 1.54) is 7.11 Å². The van der Waals surface area contributed by atoms with E-state index >= 15 is 0 Å². The van der Waals surface area contributed by atoms with Gasteiger partial charge in [0.1, 0.15) is 0 Å². The molecule has 2 rings (SSSR count). The predicted molar refractivity (Wildman–Crippen MR) is 87.3 cm³/mol. The fourth-order valence-corrected chi connectivity index (χ4v) is 2.46. The van der Waals surface area contributed by atoms with Gasteiger partial charge in [-0.05, 0) is 43.5 Å². The van der Waals surface area contributed by atoms with Crippen molar-refractivity contribution in [1.82, 2.24) is 4.98 Å². The largest absolute Gasteiger partial charge is 0.481 e. The second-order valence-corrected chi connectivity index (χ2v) is 5.27. The summed E-state index contributed by atoms with van der Waals surface area (Å²) in [5.41, 5.74) is 4.83. The number of aromatic nitrogens is 1. The molecule has 0 radical (unpaired) electrons. The molecule has 1 aliphatic rings. The molecule has 2 heterocycles. The van der Waals surface area contributed by atoms with E-state index in [1.54, 1.807) is 7.11 Å². The van der Waals surface area contributed by atoms with Crippen LogP contribution in [0.4, 0.5) is 0 Å². The van der Waals surface area contributed by atoms with Crippen molar-refractivity contribution in [3.63, 3.8) is 0 Å². The standard InChI is InChI=1S/C17H20N2O4/c1-10-7-12(18-15(10)9-20)8-14-11(2)13(17(19-14)23-4)5-6-16(21)22-3/h7-9,18H,5-6H2,1-4H3/b14-8-. The molecule has 122 valence electrons. The lowest BCUT2D eigenvalue weighted by Gasteiger charge is -2.05. The van der Waals surface area contributed by atoms with Gasteiger partial charge in [-0.2, -0.15) is 0 Å². The Balaban J connectivity index is 2.30. The SMILES string of the molecule is COC(=O)CCC1=C(C)/C(=C/c2cc(C)c(C=O)[nH]2)N=C1OC. The molecular weight excluding hydrogens is 296 g/mol. The number of aryl methyl sites for hydroxylation is 1. The van der Waals surface area contributed by atoms with E-state index in [0.717, 1.165) is 34.4 Å². The number of ether oxygens (including phenoxy) is 2. The monoisotopic (exact) mass is 316 g/mol. The minimum absolute atomic E-state index is 0.270. The summed E-state index contributed by atoms with van der Waals surface area (Å²) in [6.07, 6.45) is 3.43. The molecule has 0 bridgehead atoms. The summed E-state index contributed by atoms with van der Waals surface area (Å²) in [5.74, 6) is 0.241. The topological polar surface area (TPSA) is 80.8 Å². The van der Waals surface area contributed by atoms with Crippen molar-refractivity contribution in [3.8, 4) is 0 Å². The molecule has 1 aromatic heterocycles. The average Bonchev–Trinajstić information content (AvgIpc) is 3.05. The van der Waals surface area contributed by atoms with E-state index in [9.17, 15) is 9.59 Å². The zero-order chi connectivity index (χ0) is 17.0. The van der Waals surface area contributed by atoms with Crippen LogP contribution in [0.3, 0.4) is 0 Å². The Kier molecular flexibility index (Phi) is 5.16. The lowest BCUT2D eigenvalue weighted by molar-refractivity contribution is -0.140. The Hall–Kier alpha value is -2.63. The summed E-state index contributed by atoms with van der Waals surface area (Å²) in [6, 6.07) is 1.89. The zero-order valence-electron chi connectivity index (χ0n) is 13.7. The first-order valence-electron chi connectivity index (χ1n) is 7.26. The lowest BCUT2D eigenvalue weighted by Crippen LogP contribution is -2.07. The van der Waals surface area contributed by atoms with Gasteiger partial charge in [0, 0.05) is 17.7 Å². The van der Waals surface area contributed by atoms with Crippen LogP contribution in [0.5, 0.6) is 0 Å². The minimum atomic E-state index is -0.270. The van der Waals surface area contributed by atoms with Gasteiger partial charge in [-0.3, -0.25) is 9.59 Å². The van der Waals surface area contributed by atoms with Crippen LogP contribution in [0, 0.1) is 6.92 Å². The molecule has 6 heteroatoms. The third-order valence-electron chi connectivity index (χ3n) is 3.80. The van der Waals surface area contributed by atoms with Gasteiger partial charge in [0.2, 0.25) is 5.90 Å². The van der Waals surface area contributed by atoms with Gasteiger partial charge in [0.15, 0.2) is 6.29 Å². The maximum Gasteiger partial charge on any atom is 0.305 e. The number of nitrogens with zero attached hydrogens (tertiary/aromatic N) is 1.